The van der Waals surface area contributed by atoms with Crippen LogP contribution in [0.25, 0.3) is 11.4 Å². The van der Waals surface area contributed by atoms with Gasteiger partial charge in [0, 0.05) is 24.9 Å². The first-order valence-electron chi connectivity index (χ1n) is 7.05. The van der Waals surface area contributed by atoms with E-state index in [9.17, 15) is 4.79 Å². The largest absolute Gasteiger partial charge is 0.356 e. The van der Waals surface area contributed by atoms with Crippen molar-refractivity contribution in [1.82, 2.24) is 15.5 Å². The molecule has 0 bridgehead atoms. The molecule has 0 aliphatic heterocycles. The second-order valence-electron chi connectivity index (χ2n) is 4.70. The molecule has 0 spiro atoms. The highest BCUT2D eigenvalue weighted by molar-refractivity contribution is 6.33. The molecule has 2 rings (SSSR count). The molecule has 0 aliphatic carbocycles. The van der Waals surface area contributed by atoms with E-state index >= 15 is 0 Å². The summed E-state index contributed by atoms with van der Waals surface area (Å²) in [5.74, 6) is 1.01. The van der Waals surface area contributed by atoms with Crippen molar-refractivity contribution in [2.24, 2.45) is 0 Å². The lowest BCUT2D eigenvalue weighted by atomic mass is 10.2. The smallest absolute Gasteiger partial charge is 0.228 e. The molecular formula is C15H18ClN3O2. The molecule has 5 nitrogen and oxygen atoms in total. The summed E-state index contributed by atoms with van der Waals surface area (Å²) in [5.41, 5.74) is 0.737. The zero-order valence-electron chi connectivity index (χ0n) is 11.9. The van der Waals surface area contributed by atoms with E-state index in [1.165, 1.54) is 0 Å². The molecule has 0 radical (unpaired) electrons. The van der Waals surface area contributed by atoms with Gasteiger partial charge < -0.3 is 9.84 Å². The number of aromatic nitrogens is 2. The normalized spacial score (nSPS) is 10.6. The average Bonchev–Trinajstić information content (AvgIpc) is 2.94. The van der Waals surface area contributed by atoms with Gasteiger partial charge in [-0.15, -0.1) is 0 Å². The van der Waals surface area contributed by atoms with Crippen molar-refractivity contribution in [3.05, 3.63) is 35.2 Å². The van der Waals surface area contributed by atoms with Crippen LogP contribution in [0.5, 0.6) is 0 Å². The summed E-state index contributed by atoms with van der Waals surface area (Å²) in [6, 6.07) is 7.33. The number of unbranched alkanes of at least 4 members (excludes halogenated alkanes) is 1. The SMILES string of the molecule is CCCCC(=O)NCCc1nc(-c2ccccc2Cl)no1. The molecule has 6 heteroatoms. The second kappa shape index (κ2) is 7.78. The summed E-state index contributed by atoms with van der Waals surface area (Å²) in [7, 11) is 0. The maximum Gasteiger partial charge on any atom is 0.228 e. The van der Waals surface area contributed by atoms with E-state index in [4.69, 9.17) is 16.1 Å². The van der Waals surface area contributed by atoms with Crippen LogP contribution in [0.2, 0.25) is 5.02 Å². The summed E-state index contributed by atoms with van der Waals surface area (Å²) in [4.78, 5) is 15.8. The first kappa shape index (κ1) is 15.5. The van der Waals surface area contributed by atoms with Gasteiger partial charge >= 0.3 is 0 Å². The van der Waals surface area contributed by atoms with Crippen molar-refractivity contribution >= 4 is 17.5 Å². The number of benzene rings is 1. The molecule has 1 heterocycles. The molecule has 1 aromatic carbocycles. The highest BCUT2D eigenvalue weighted by atomic mass is 35.5. The minimum absolute atomic E-state index is 0.0580. The van der Waals surface area contributed by atoms with Gasteiger partial charge in [0.15, 0.2) is 0 Å². The van der Waals surface area contributed by atoms with Gasteiger partial charge in [-0.3, -0.25) is 4.79 Å². The van der Waals surface area contributed by atoms with E-state index in [2.05, 4.69) is 22.4 Å². The Kier molecular flexibility index (Phi) is 5.75. The van der Waals surface area contributed by atoms with Crippen LogP contribution in [0, 0.1) is 0 Å². The van der Waals surface area contributed by atoms with Gasteiger partial charge in [0.1, 0.15) is 0 Å². The highest BCUT2D eigenvalue weighted by Crippen LogP contribution is 2.24. The summed E-state index contributed by atoms with van der Waals surface area (Å²) in [6.07, 6.45) is 2.99. The molecule has 0 saturated carbocycles. The second-order valence-corrected chi connectivity index (χ2v) is 5.10. The molecule has 0 atom stereocenters. The molecule has 2 aromatic rings. The number of nitrogens with zero attached hydrogens (tertiary/aromatic N) is 2. The molecule has 1 amide bonds. The Morgan fingerprint density at radius 3 is 2.95 bits per heavy atom. The van der Waals surface area contributed by atoms with Crippen molar-refractivity contribution in [2.75, 3.05) is 6.54 Å². The van der Waals surface area contributed by atoms with Crippen molar-refractivity contribution < 1.29 is 9.32 Å². The minimum Gasteiger partial charge on any atom is -0.356 e. The molecule has 112 valence electrons. The Hall–Kier alpha value is -1.88. The van der Waals surface area contributed by atoms with E-state index in [0.29, 0.717) is 36.1 Å². The van der Waals surface area contributed by atoms with E-state index in [-0.39, 0.29) is 5.91 Å². The van der Waals surface area contributed by atoms with Gasteiger partial charge in [-0.1, -0.05) is 42.2 Å². The average molecular weight is 308 g/mol. The molecule has 0 unspecified atom stereocenters. The fourth-order valence-electron chi connectivity index (χ4n) is 1.84. The van der Waals surface area contributed by atoms with Gasteiger partial charge in [-0.2, -0.15) is 4.98 Å². The van der Waals surface area contributed by atoms with Gasteiger partial charge in [0.25, 0.3) is 0 Å². The number of hydrogen-bond acceptors (Lipinski definition) is 4. The van der Waals surface area contributed by atoms with Gasteiger partial charge in [0.2, 0.25) is 17.6 Å². The van der Waals surface area contributed by atoms with Crippen LogP contribution < -0.4 is 5.32 Å². The van der Waals surface area contributed by atoms with Crippen molar-refractivity contribution in [2.45, 2.75) is 32.6 Å². The first-order chi connectivity index (χ1) is 10.2. The number of carbonyl (C=O) groups is 1. The van der Waals surface area contributed by atoms with E-state index < -0.39 is 0 Å². The van der Waals surface area contributed by atoms with Gasteiger partial charge in [0.05, 0.1) is 5.02 Å². The topological polar surface area (TPSA) is 68.0 Å². The standard InChI is InChI=1S/C15H18ClN3O2/c1-2-3-8-13(20)17-10-9-14-18-15(19-21-14)11-6-4-5-7-12(11)16/h4-7H,2-3,8-10H2,1H3,(H,17,20). The number of hydrogen-bond donors (Lipinski definition) is 1. The number of nitrogens with one attached hydrogen (secondary N) is 1. The zero-order chi connectivity index (χ0) is 15.1. The van der Waals surface area contributed by atoms with Crippen LogP contribution >= 0.6 is 11.6 Å². The van der Waals surface area contributed by atoms with E-state index in [1.807, 2.05) is 18.2 Å². The minimum atomic E-state index is 0.0580. The molecule has 1 N–H and O–H groups in total. The van der Waals surface area contributed by atoms with Crippen LogP contribution in [-0.2, 0) is 11.2 Å². The highest BCUT2D eigenvalue weighted by Gasteiger charge is 2.11. The third kappa shape index (κ3) is 4.56. The monoisotopic (exact) mass is 307 g/mol. The first-order valence-corrected chi connectivity index (χ1v) is 7.42. The quantitative estimate of drug-likeness (QED) is 0.852. The van der Waals surface area contributed by atoms with Crippen molar-refractivity contribution in [3.63, 3.8) is 0 Å². The zero-order valence-corrected chi connectivity index (χ0v) is 12.7. The predicted octanol–water partition coefficient (Wildman–Crippen LogP) is 3.24. The number of halogens is 1. The van der Waals surface area contributed by atoms with Crippen LogP contribution in [0.3, 0.4) is 0 Å². The van der Waals surface area contributed by atoms with Gasteiger partial charge in [-0.25, -0.2) is 0 Å². The van der Waals surface area contributed by atoms with E-state index in [0.717, 1.165) is 18.4 Å². The van der Waals surface area contributed by atoms with Crippen LogP contribution in [0.15, 0.2) is 28.8 Å². The van der Waals surface area contributed by atoms with Crippen molar-refractivity contribution in [3.8, 4) is 11.4 Å². The summed E-state index contributed by atoms with van der Waals surface area (Å²) in [5, 5.41) is 7.33. The molecular weight excluding hydrogens is 290 g/mol. The Balaban J connectivity index is 1.87. The number of rotatable bonds is 7. The third-order valence-corrected chi connectivity index (χ3v) is 3.33. The summed E-state index contributed by atoms with van der Waals surface area (Å²) in [6.45, 7) is 2.55. The van der Waals surface area contributed by atoms with E-state index in [1.54, 1.807) is 6.07 Å². The Morgan fingerprint density at radius 1 is 1.38 bits per heavy atom. The molecule has 1 aromatic heterocycles. The van der Waals surface area contributed by atoms with Gasteiger partial charge in [-0.05, 0) is 18.6 Å². The maximum atomic E-state index is 11.5. The lowest BCUT2D eigenvalue weighted by molar-refractivity contribution is -0.121. The summed E-state index contributed by atoms with van der Waals surface area (Å²) < 4.78 is 5.17. The lowest BCUT2D eigenvalue weighted by Crippen LogP contribution is -2.25. The summed E-state index contributed by atoms with van der Waals surface area (Å²) >= 11 is 6.08. The molecule has 0 aliphatic rings. The van der Waals surface area contributed by atoms with Crippen LogP contribution in [0.1, 0.15) is 32.1 Å². The lowest BCUT2D eigenvalue weighted by Gasteiger charge is -2.01. The Bertz CT molecular complexity index is 598. The number of amides is 1. The third-order valence-electron chi connectivity index (χ3n) is 3.00. The molecule has 21 heavy (non-hydrogen) atoms. The maximum absolute atomic E-state index is 11.5. The fourth-order valence-corrected chi connectivity index (χ4v) is 2.06. The fraction of sp³-hybridized carbons (Fsp3) is 0.400. The molecule has 0 saturated heterocycles. The van der Waals surface area contributed by atoms with Crippen LogP contribution in [-0.4, -0.2) is 22.6 Å². The molecule has 0 fully saturated rings. The number of carbonyl (C=O) groups excluding carboxylic acids is 1. The Labute approximate surface area is 128 Å². The van der Waals surface area contributed by atoms with Crippen LogP contribution in [0.4, 0.5) is 0 Å². The van der Waals surface area contributed by atoms with Crippen molar-refractivity contribution in [1.29, 1.82) is 0 Å². The predicted molar refractivity (Wildman–Crippen MR) is 81.0 cm³/mol. The Morgan fingerprint density at radius 2 is 2.19 bits per heavy atom.